The smallest absolute Gasteiger partial charge is 0.259 e. The van der Waals surface area contributed by atoms with Crippen molar-refractivity contribution in [3.05, 3.63) is 84.3 Å². The summed E-state index contributed by atoms with van der Waals surface area (Å²) < 4.78 is 5.40. The number of amides is 1. The number of rotatable bonds is 5. The highest BCUT2D eigenvalue weighted by Crippen LogP contribution is 2.32. The van der Waals surface area contributed by atoms with E-state index < -0.39 is 6.04 Å². The predicted molar refractivity (Wildman–Crippen MR) is 124 cm³/mol. The second kappa shape index (κ2) is 9.14. The molecule has 0 aliphatic carbocycles. The molecule has 1 amide bonds. The van der Waals surface area contributed by atoms with Gasteiger partial charge in [-0.1, -0.05) is 52.8 Å². The van der Waals surface area contributed by atoms with E-state index in [0.29, 0.717) is 35.6 Å². The van der Waals surface area contributed by atoms with Crippen molar-refractivity contribution in [1.82, 2.24) is 20.0 Å². The maximum Gasteiger partial charge on any atom is 0.259 e. The van der Waals surface area contributed by atoms with Crippen molar-refractivity contribution in [2.75, 3.05) is 13.7 Å². The predicted octanol–water partition coefficient (Wildman–Crippen LogP) is 4.09. The minimum atomic E-state index is -0.460. The van der Waals surface area contributed by atoms with Gasteiger partial charge < -0.3 is 19.4 Å². The summed E-state index contributed by atoms with van der Waals surface area (Å²) in [7, 11) is 1.47. The fourth-order valence-corrected chi connectivity index (χ4v) is 3.95. The van der Waals surface area contributed by atoms with Crippen molar-refractivity contribution in [2.24, 2.45) is 5.16 Å². The molecule has 1 aliphatic rings. The van der Waals surface area contributed by atoms with Crippen LogP contribution in [0.2, 0.25) is 0 Å². The molecule has 1 fully saturated rings. The van der Waals surface area contributed by atoms with E-state index >= 15 is 0 Å². The molecular formula is C25H21N5O4. The van der Waals surface area contributed by atoms with E-state index in [1.807, 2.05) is 54.6 Å². The van der Waals surface area contributed by atoms with Gasteiger partial charge in [-0.05, 0) is 29.3 Å². The molecule has 34 heavy (non-hydrogen) atoms. The van der Waals surface area contributed by atoms with Crippen LogP contribution in [-0.4, -0.2) is 50.4 Å². The molecule has 2 aromatic heterocycles. The Morgan fingerprint density at radius 2 is 1.79 bits per heavy atom. The van der Waals surface area contributed by atoms with Gasteiger partial charge >= 0.3 is 0 Å². The Morgan fingerprint density at radius 3 is 2.50 bits per heavy atom. The van der Waals surface area contributed by atoms with Crippen LogP contribution >= 0.6 is 0 Å². The Bertz CT molecular complexity index is 1320. The summed E-state index contributed by atoms with van der Waals surface area (Å²) in [6.07, 6.45) is 1.87. The van der Waals surface area contributed by atoms with Gasteiger partial charge in [-0.3, -0.25) is 4.79 Å². The lowest BCUT2D eigenvalue weighted by molar-refractivity contribution is 0.0732. The number of benzene rings is 2. The molecule has 3 heterocycles. The Labute approximate surface area is 195 Å². The van der Waals surface area contributed by atoms with Crippen LogP contribution in [0.25, 0.3) is 22.6 Å². The summed E-state index contributed by atoms with van der Waals surface area (Å²) in [6.45, 7) is 0.294. The molecular weight excluding hydrogens is 434 g/mol. The number of hydrogen-bond acceptors (Lipinski definition) is 8. The van der Waals surface area contributed by atoms with Crippen molar-refractivity contribution < 1.29 is 19.3 Å². The van der Waals surface area contributed by atoms with Crippen LogP contribution in [0.4, 0.5) is 0 Å². The maximum absolute atomic E-state index is 13.4. The molecule has 0 spiro atoms. The van der Waals surface area contributed by atoms with Gasteiger partial charge in [0.1, 0.15) is 13.2 Å². The highest BCUT2D eigenvalue weighted by molar-refractivity contribution is 6.00. The lowest BCUT2D eigenvalue weighted by Gasteiger charge is -2.21. The minimum absolute atomic E-state index is 0.102. The molecule has 9 nitrogen and oxygen atoms in total. The number of oxime groups is 1. The molecule has 2 aromatic carbocycles. The van der Waals surface area contributed by atoms with E-state index in [1.165, 1.54) is 19.4 Å². The molecule has 9 heteroatoms. The quantitative estimate of drug-likeness (QED) is 0.451. The number of aromatic hydroxyl groups is 1. The standard InChI is InChI=1S/C25H21N5O4/c1-33-28-20-13-21(23-27-24(34-29-23)19-11-12-22(31)26-14-19)30(15-20)25(32)18-9-7-17(8-10-18)16-5-3-2-4-6-16/h2-12,14,21H,13,15H2,1H3,(H,26,31)/t21-/m0/s1. The van der Waals surface area contributed by atoms with Crippen molar-refractivity contribution in [2.45, 2.75) is 12.5 Å². The van der Waals surface area contributed by atoms with Gasteiger partial charge in [0, 0.05) is 24.2 Å². The average Bonchev–Trinajstić information content (AvgIpc) is 3.53. The highest BCUT2D eigenvalue weighted by atomic mass is 16.6. The maximum atomic E-state index is 13.4. The molecule has 0 saturated carbocycles. The Morgan fingerprint density at radius 1 is 1.06 bits per heavy atom. The van der Waals surface area contributed by atoms with E-state index in [0.717, 1.165) is 11.1 Å². The van der Waals surface area contributed by atoms with Gasteiger partial charge in [-0.25, -0.2) is 4.98 Å². The number of pyridine rings is 1. The van der Waals surface area contributed by atoms with Crippen LogP contribution in [0.1, 0.15) is 28.6 Å². The van der Waals surface area contributed by atoms with Crippen molar-refractivity contribution in [3.63, 3.8) is 0 Å². The molecule has 1 saturated heterocycles. The molecule has 0 unspecified atom stereocenters. The van der Waals surface area contributed by atoms with Crippen LogP contribution in [0.3, 0.4) is 0 Å². The van der Waals surface area contributed by atoms with Crippen molar-refractivity contribution >= 4 is 11.6 Å². The monoisotopic (exact) mass is 455 g/mol. The summed E-state index contributed by atoms with van der Waals surface area (Å²) in [5, 5.41) is 17.6. The number of aromatic nitrogens is 3. The second-order valence-corrected chi connectivity index (χ2v) is 7.80. The number of carbonyl (C=O) groups excluding carboxylic acids is 1. The first kappa shape index (κ1) is 21.3. The largest absolute Gasteiger partial charge is 0.493 e. The normalized spacial score (nSPS) is 16.7. The van der Waals surface area contributed by atoms with Crippen LogP contribution in [0.5, 0.6) is 5.88 Å². The number of hydrogen-bond donors (Lipinski definition) is 1. The first-order chi connectivity index (χ1) is 16.6. The van der Waals surface area contributed by atoms with Crippen LogP contribution in [-0.2, 0) is 4.84 Å². The SMILES string of the molecule is CON=C1C[C@@H](c2noc(-c3ccc(O)nc3)n2)N(C(=O)c2ccc(-c3ccccc3)cc2)C1. The van der Waals surface area contributed by atoms with Crippen molar-refractivity contribution in [1.29, 1.82) is 0 Å². The third kappa shape index (κ3) is 4.23. The van der Waals surface area contributed by atoms with E-state index in [2.05, 4.69) is 20.3 Å². The lowest BCUT2D eigenvalue weighted by Crippen LogP contribution is -2.31. The summed E-state index contributed by atoms with van der Waals surface area (Å²) in [6, 6.07) is 20.1. The van der Waals surface area contributed by atoms with E-state index in [-0.39, 0.29) is 17.7 Å². The third-order valence-electron chi connectivity index (χ3n) is 5.61. The van der Waals surface area contributed by atoms with Gasteiger partial charge in [-0.2, -0.15) is 4.98 Å². The second-order valence-electron chi connectivity index (χ2n) is 7.80. The topological polar surface area (TPSA) is 114 Å². The first-order valence-corrected chi connectivity index (χ1v) is 10.7. The zero-order valence-electron chi connectivity index (χ0n) is 18.3. The summed E-state index contributed by atoms with van der Waals surface area (Å²) in [5.41, 5.74) is 3.93. The molecule has 0 bridgehead atoms. The van der Waals surface area contributed by atoms with Gasteiger partial charge in [0.05, 0.1) is 17.8 Å². The molecule has 5 rings (SSSR count). The molecule has 1 N–H and O–H groups in total. The molecule has 4 aromatic rings. The van der Waals surface area contributed by atoms with Gasteiger partial charge in [0.15, 0.2) is 5.82 Å². The zero-order chi connectivity index (χ0) is 23.5. The Kier molecular flexibility index (Phi) is 5.73. The highest BCUT2D eigenvalue weighted by Gasteiger charge is 2.38. The lowest BCUT2D eigenvalue weighted by atomic mass is 10.0. The molecule has 1 aliphatic heterocycles. The van der Waals surface area contributed by atoms with Gasteiger partial charge in [0.2, 0.25) is 5.88 Å². The fraction of sp³-hybridized carbons (Fsp3) is 0.160. The number of carbonyl (C=O) groups is 1. The fourth-order valence-electron chi connectivity index (χ4n) is 3.95. The van der Waals surface area contributed by atoms with Gasteiger partial charge in [-0.15, -0.1) is 0 Å². The number of likely N-dealkylation sites (tertiary alicyclic amines) is 1. The van der Waals surface area contributed by atoms with Crippen LogP contribution in [0, 0.1) is 0 Å². The summed E-state index contributed by atoms with van der Waals surface area (Å²) in [4.78, 5) is 28.4. The third-order valence-corrected chi connectivity index (χ3v) is 5.61. The number of nitrogens with zero attached hydrogens (tertiary/aromatic N) is 5. The average molecular weight is 455 g/mol. The molecule has 0 radical (unpaired) electrons. The first-order valence-electron chi connectivity index (χ1n) is 10.7. The van der Waals surface area contributed by atoms with E-state index in [9.17, 15) is 9.90 Å². The Balaban J connectivity index is 1.42. The Hall–Kier alpha value is -4.53. The van der Waals surface area contributed by atoms with Crippen LogP contribution < -0.4 is 0 Å². The van der Waals surface area contributed by atoms with Crippen molar-refractivity contribution in [3.8, 4) is 28.5 Å². The van der Waals surface area contributed by atoms with E-state index in [4.69, 9.17) is 9.36 Å². The molecule has 170 valence electrons. The summed E-state index contributed by atoms with van der Waals surface area (Å²) >= 11 is 0. The molecule has 1 atom stereocenters. The minimum Gasteiger partial charge on any atom is -0.493 e. The summed E-state index contributed by atoms with van der Waals surface area (Å²) in [5.74, 6) is 0.344. The zero-order valence-corrected chi connectivity index (χ0v) is 18.3. The van der Waals surface area contributed by atoms with E-state index in [1.54, 1.807) is 11.0 Å². The van der Waals surface area contributed by atoms with Crippen LogP contribution in [0.15, 0.2) is 82.6 Å². The van der Waals surface area contributed by atoms with Gasteiger partial charge in [0.25, 0.3) is 11.8 Å².